The molecule has 0 aliphatic heterocycles. The number of carbonyl (C=O) groups is 2. The number of carbonyl (C=O) groups excluding carboxylic acids is 2. The molecule has 6 heteroatoms. The number of benzene rings is 2. The lowest BCUT2D eigenvalue weighted by atomic mass is 10.1. The van der Waals surface area contributed by atoms with Gasteiger partial charge in [-0.2, -0.15) is 5.26 Å². The minimum absolute atomic E-state index is 0.0669. The van der Waals surface area contributed by atoms with Crippen LogP contribution in [0, 0.1) is 25.2 Å². The van der Waals surface area contributed by atoms with E-state index < -0.39 is 11.9 Å². The zero-order chi connectivity index (χ0) is 19.8. The van der Waals surface area contributed by atoms with E-state index in [1.54, 1.807) is 31.2 Å². The molecular formula is C21H21N3O3. The first-order valence-corrected chi connectivity index (χ1v) is 8.47. The molecule has 27 heavy (non-hydrogen) atoms. The Morgan fingerprint density at radius 3 is 2.33 bits per heavy atom. The fourth-order valence-electron chi connectivity index (χ4n) is 2.24. The molecule has 0 aromatic heterocycles. The summed E-state index contributed by atoms with van der Waals surface area (Å²) in [4.78, 5) is 23.9. The monoisotopic (exact) mass is 363 g/mol. The largest absolute Gasteiger partial charge is 0.462 e. The molecule has 0 atom stereocenters. The number of nitrogens with zero attached hydrogens (tertiary/aromatic N) is 1. The van der Waals surface area contributed by atoms with Crippen LogP contribution in [0.4, 0.5) is 11.4 Å². The number of nitriles is 1. The normalized spacial score (nSPS) is 10.7. The summed E-state index contributed by atoms with van der Waals surface area (Å²) >= 11 is 0. The van der Waals surface area contributed by atoms with Gasteiger partial charge >= 0.3 is 5.97 Å². The lowest BCUT2D eigenvalue weighted by molar-refractivity contribution is -0.112. The number of rotatable bonds is 6. The van der Waals surface area contributed by atoms with Crippen molar-refractivity contribution in [1.29, 1.82) is 5.26 Å². The number of amides is 1. The van der Waals surface area contributed by atoms with E-state index in [0.29, 0.717) is 17.9 Å². The Morgan fingerprint density at radius 2 is 1.74 bits per heavy atom. The zero-order valence-corrected chi connectivity index (χ0v) is 15.5. The second-order valence-corrected chi connectivity index (χ2v) is 5.87. The third-order valence-electron chi connectivity index (χ3n) is 3.91. The van der Waals surface area contributed by atoms with E-state index in [9.17, 15) is 14.9 Å². The molecule has 6 nitrogen and oxygen atoms in total. The summed E-state index contributed by atoms with van der Waals surface area (Å²) in [5.41, 5.74) is 3.86. The highest BCUT2D eigenvalue weighted by molar-refractivity contribution is 6.06. The molecule has 0 radical (unpaired) electrons. The Morgan fingerprint density at radius 1 is 1.07 bits per heavy atom. The zero-order valence-electron chi connectivity index (χ0n) is 15.5. The minimum Gasteiger partial charge on any atom is -0.462 e. The highest BCUT2D eigenvalue weighted by atomic mass is 16.5. The van der Waals surface area contributed by atoms with Crippen molar-refractivity contribution in [2.75, 3.05) is 17.2 Å². The fourth-order valence-corrected chi connectivity index (χ4v) is 2.24. The topological polar surface area (TPSA) is 91.2 Å². The van der Waals surface area contributed by atoms with Gasteiger partial charge in [-0.3, -0.25) is 4.79 Å². The van der Waals surface area contributed by atoms with E-state index in [2.05, 4.69) is 10.6 Å². The molecule has 0 bridgehead atoms. The Balaban J connectivity index is 2.05. The van der Waals surface area contributed by atoms with Crippen molar-refractivity contribution in [2.45, 2.75) is 20.8 Å². The molecule has 0 unspecified atom stereocenters. The van der Waals surface area contributed by atoms with E-state index in [0.717, 1.165) is 16.8 Å². The van der Waals surface area contributed by atoms with Crippen LogP contribution in [0.5, 0.6) is 0 Å². The van der Waals surface area contributed by atoms with Gasteiger partial charge in [-0.15, -0.1) is 0 Å². The number of hydrogen-bond donors (Lipinski definition) is 2. The maximum absolute atomic E-state index is 12.3. The molecule has 2 rings (SSSR count). The molecule has 0 aliphatic rings. The Labute approximate surface area is 158 Å². The van der Waals surface area contributed by atoms with Gasteiger partial charge in [0.25, 0.3) is 5.91 Å². The van der Waals surface area contributed by atoms with Gasteiger partial charge in [-0.05, 0) is 68.3 Å². The molecule has 0 heterocycles. The summed E-state index contributed by atoms with van der Waals surface area (Å²) in [6.07, 6.45) is 1.37. The maximum Gasteiger partial charge on any atom is 0.338 e. The van der Waals surface area contributed by atoms with Gasteiger partial charge in [0.15, 0.2) is 0 Å². The molecule has 0 saturated heterocycles. The standard InChI is InChI=1S/C21H21N3O3/c1-4-27-21(26)16-6-9-18(10-7-16)24-20(25)17(12-22)13-23-19-8-5-14(2)15(3)11-19/h5-11,13,23H,4H2,1-3H3,(H,24,25)/b17-13-. The van der Waals surface area contributed by atoms with Crippen LogP contribution in [-0.2, 0) is 9.53 Å². The second kappa shape index (κ2) is 9.20. The number of aryl methyl sites for hydroxylation is 2. The van der Waals surface area contributed by atoms with Gasteiger partial charge in [0.1, 0.15) is 11.6 Å². The molecule has 0 aliphatic carbocycles. The first-order chi connectivity index (χ1) is 12.9. The summed E-state index contributed by atoms with van der Waals surface area (Å²) in [6, 6.07) is 13.9. The summed E-state index contributed by atoms with van der Waals surface area (Å²) in [7, 11) is 0. The smallest absolute Gasteiger partial charge is 0.338 e. The van der Waals surface area contributed by atoms with Gasteiger partial charge in [0.05, 0.1) is 12.2 Å². The second-order valence-electron chi connectivity index (χ2n) is 5.87. The van der Waals surface area contributed by atoms with Gasteiger partial charge in [0, 0.05) is 17.6 Å². The highest BCUT2D eigenvalue weighted by Crippen LogP contribution is 2.15. The molecular weight excluding hydrogens is 342 g/mol. The number of ether oxygens (including phenoxy) is 1. The van der Waals surface area contributed by atoms with E-state index >= 15 is 0 Å². The van der Waals surface area contributed by atoms with Crippen molar-refractivity contribution in [1.82, 2.24) is 0 Å². The van der Waals surface area contributed by atoms with Crippen molar-refractivity contribution in [3.05, 3.63) is 70.9 Å². The van der Waals surface area contributed by atoms with E-state index in [1.165, 1.54) is 6.20 Å². The molecule has 2 N–H and O–H groups in total. The number of anilines is 2. The van der Waals surface area contributed by atoms with Crippen LogP contribution in [0.1, 0.15) is 28.4 Å². The number of hydrogen-bond acceptors (Lipinski definition) is 5. The first-order valence-electron chi connectivity index (χ1n) is 8.47. The van der Waals surface area contributed by atoms with Gasteiger partial charge in [-0.25, -0.2) is 4.79 Å². The average Bonchev–Trinajstić information content (AvgIpc) is 2.66. The molecule has 2 aromatic rings. The van der Waals surface area contributed by atoms with Crippen LogP contribution in [0.15, 0.2) is 54.2 Å². The highest BCUT2D eigenvalue weighted by Gasteiger charge is 2.11. The van der Waals surface area contributed by atoms with Crippen LogP contribution in [0.25, 0.3) is 0 Å². The molecule has 1 amide bonds. The molecule has 2 aromatic carbocycles. The molecule has 0 saturated carbocycles. The van der Waals surface area contributed by atoms with Crippen molar-refractivity contribution >= 4 is 23.3 Å². The summed E-state index contributed by atoms with van der Waals surface area (Å²) in [6.45, 7) is 6.02. The predicted molar refractivity (Wildman–Crippen MR) is 104 cm³/mol. The summed E-state index contributed by atoms with van der Waals surface area (Å²) in [5, 5.41) is 14.8. The Bertz CT molecular complexity index is 909. The summed E-state index contributed by atoms with van der Waals surface area (Å²) in [5.74, 6) is -0.969. The Kier molecular flexibility index (Phi) is 6.73. The van der Waals surface area contributed by atoms with E-state index in [1.807, 2.05) is 38.1 Å². The van der Waals surface area contributed by atoms with Crippen molar-refractivity contribution in [3.63, 3.8) is 0 Å². The lowest BCUT2D eigenvalue weighted by Gasteiger charge is -2.07. The summed E-state index contributed by atoms with van der Waals surface area (Å²) < 4.78 is 4.91. The van der Waals surface area contributed by atoms with Gasteiger partial charge < -0.3 is 15.4 Å². The van der Waals surface area contributed by atoms with Crippen LogP contribution in [0.3, 0.4) is 0 Å². The van der Waals surface area contributed by atoms with Crippen molar-refractivity contribution in [2.24, 2.45) is 0 Å². The van der Waals surface area contributed by atoms with Crippen LogP contribution in [0.2, 0.25) is 0 Å². The lowest BCUT2D eigenvalue weighted by Crippen LogP contribution is -2.14. The van der Waals surface area contributed by atoms with Crippen molar-refractivity contribution in [3.8, 4) is 6.07 Å². The average molecular weight is 363 g/mol. The van der Waals surface area contributed by atoms with Gasteiger partial charge in [0.2, 0.25) is 0 Å². The molecule has 0 spiro atoms. The van der Waals surface area contributed by atoms with Crippen LogP contribution in [-0.4, -0.2) is 18.5 Å². The SMILES string of the molecule is CCOC(=O)c1ccc(NC(=O)/C(C#N)=C\Nc2ccc(C)c(C)c2)cc1. The molecule has 0 fully saturated rings. The number of nitrogens with one attached hydrogen (secondary N) is 2. The van der Waals surface area contributed by atoms with E-state index in [4.69, 9.17) is 4.74 Å². The predicted octanol–water partition coefficient (Wildman–Crippen LogP) is 3.94. The van der Waals surface area contributed by atoms with Crippen LogP contribution < -0.4 is 10.6 Å². The Hall–Kier alpha value is -3.59. The van der Waals surface area contributed by atoms with Crippen LogP contribution >= 0.6 is 0 Å². The third-order valence-corrected chi connectivity index (χ3v) is 3.91. The molecule has 138 valence electrons. The maximum atomic E-state index is 12.3. The third kappa shape index (κ3) is 5.44. The quantitative estimate of drug-likeness (QED) is 0.461. The van der Waals surface area contributed by atoms with Crippen molar-refractivity contribution < 1.29 is 14.3 Å². The number of esters is 1. The fraction of sp³-hybridized carbons (Fsp3) is 0.190. The minimum atomic E-state index is -0.544. The van der Waals surface area contributed by atoms with Gasteiger partial charge in [-0.1, -0.05) is 6.07 Å². The van der Waals surface area contributed by atoms with E-state index in [-0.39, 0.29) is 5.57 Å². The first kappa shape index (κ1) is 19.7.